The highest BCUT2D eigenvalue weighted by molar-refractivity contribution is 5.89. The van der Waals surface area contributed by atoms with Crippen molar-refractivity contribution in [3.05, 3.63) is 35.9 Å². The first-order valence-electron chi connectivity index (χ1n) is 6.96. The van der Waals surface area contributed by atoms with Gasteiger partial charge in [-0.2, -0.15) is 0 Å². The Morgan fingerprint density at radius 2 is 1.90 bits per heavy atom. The lowest BCUT2D eigenvalue weighted by Gasteiger charge is -2.34. The van der Waals surface area contributed by atoms with E-state index >= 15 is 0 Å². The quantitative estimate of drug-likeness (QED) is 0.725. The van der Waals surface area contributed by atoms with Gasteiger partial charge in [-0.05, 0) is 12.0 Å². The Labute approximate surface area is 123 Å². The van der Waals surface area contributed by atoms with E-state index in [0.29, 0.717) is 19.6 Å². The van der Waals surface area contributed by atoms with Gasteiger partial charge in [0, 0.05) is 26.1 Å². The van der Waals surface area contributed by atoms with E-state index < -0.39 is 23.5 Å². The first kappa shape index (κ1) is 15.5. The maximum absolute atomic E-state index is 12.2. The lowest BCUT2D eigenvalue weighted by molar-refractivity contribution is -0.152. The van der Waals surface area contributed by atoms with Crippen molar-refractivity contribution in [2.75, 3.05) is 13.2 Å². The number of nitrogens with two attached hydrogens (primary N) is 1. The van der Waals surface area contributed by atoms with Gasteiger partial charge < -0.3 is 20.9 Å². The fourth-order valence-corrected chi connectivity index (χ4v) is 2.40. The number of carboxylic acids is 1. The Morgan fingerprint density at radius 3 is 2.48 bits per heavy atom. The Kier molecular flexibility index (Phi) is 4.93. The molecule has 0 radical (unpaired) electrons. The molecule has 2 rings (SSSR count). The van der Waals surface area contributed by atoms with Crippen LogP contribution < -0.4 is 11.1 Å². The minimum atomic E-state index is -1.26. The second kappa shape index (κ2) is 6.69. The average molecular weight is 292 g/mol. The summed E-state index contributed by atoms with van der Waals surface area (Å²) in [5, 5.41) is 12.0. The van der Waals surface area contributed by atoms with Crippen LogP contribution in [0, 0.1) is 0 Å². The number of ether oxygens (including phenoxy) is 1. The van der Waals surface area contributed by atoms with Crippen molar-refractivity contribution >= 4 is 11.9 Å². The number of hydrogen-bond acceptors (Lipinski definition) is 4. The molecule has 1 fully saturated rings. The van der Waals surface area contributed by atoms with E-state index in [4.69, 9.17) is 10.5 Å². The van der Waals surface area contributed by atoms with Gasteiger partial charge in [-0.15, -0.1) is 0 Å². The lowest BCUT2D eigenvalue weighted by Crippen LogP contribution is -2.60. The number of hydrogen-bond donors (Lipinski definition) is 3. The van der Waals surface area contributed by atoms with E-state index in [1.807, 2.05) is 30.3 Å². The lowest BCUT2D eigenvalue weighted by atomic mass is 9.89. The van der Waals surface area contributed by atoms with Gasteiger partial charge >= 0.3 is 5.97 Å². The third-order valence-corrected chi connectivity index (χ3v) is 3.75. The smallest absolute Gasteiger partial charge is 0.329 e. The summed E-state index contributed by atoms with van der Waals surface area (Å²) in [5.41, 5.74) is 5.57. The van der Waals surface area contributed by atoms with E-state index in [0.717, 1.165) is 5.56 Å². The van der Waals surface area contributed by atoms with E-state index in [2.05, 4.69) is 5.32 Å². The molecule has 1 amide bonds. The molecule has 0 saturated carbocycles. The molecule has 0 unspecified atom stereocenters. The van der Waals surface area contributed by atoms with E-state index in [9.17, 15) is 14.7 Å². The van der Waals surface area contributed by atoms with E-state index in [1.54, 1.807) is 0 Å². The van der Waals surface area contributed by atoms with Crippen LogP contribution in [0.2, 0.25) is 0 Å². The monoisotopic (exact) mass is 292 g/mol. The molecule has 114 valence electrons. The summed E-state index contributed by atoms with van der Waals surface area (Å²) in [6, 6.07) is 8.63. The molecule has 0 spiro atoms. The summed E-state index contributed by atoms with van der Waals surface area (Å²) in [6.45, 7) is 0.640. The van der Waals surface area contributed by atoms with Gasteiger partial charge in [-0.1, -0.05) is 30.3 Å². The molecular weight excluding hydrogens is 272 g/mol. The predicted molar refractivity (Wildman–Crippen MR) is 76.7 cm³/mol. The Hall–Kier alpha value is -1.92. The summed E-state index contributed by atoms with van der Waals surface area (Å²) in [4.78, 5) is 23.7. The molecule has 1 aliphatic rings. The third kappa shape index (κ3) is 3.80. The van der Waals surface area contributed by atoms with Gasteiger partial charge in [0.05, 0.1) is 6.04 Å². The molecule has 4 N–H and O–H groups in total. The van der Waals surface area contributed by atoms with Gasteiger partial charge in [0.1, 0.15) is 5.54 Å². The van der Waals surface area contributed by atoms with Crippen LogP contribution in [0.5, 0.6) is 0 Å². The zero-order chi connectivity index (χ0) is 15.3. The molecule has 1 heterocycles. The molecule has 0 aliphatic carbocycles. The van der Waals surface area contributed by atoms with Crippen molar-refractivity contribution in [3.8, 4) is 0 Å². The number of benzene rings is 1. The summed E-state index contributed by atoms with van der Waals surface area (Å²) in [6.07, 6.45) is 0.886. The Bertz CT molecular complexity index is 498. The van der Waals surface area contributed by atoms with Crippen molar-refractivity contribution in [3.63, 3.8) is 0 Å². The fraction of sp³-hybridized carbons (Fsp3) is 0.467. The summed E-state index contributed by atoms with van der Waals surface area (Å²) in [5.74, 6) is -1.48. The molecule has 6 nitrogen and oxygen atoms in total. The predicted octanol–water partition coefficient (Wildman–Crippen LogP) is 0.306. The summed E-state index contributed by atoms with van der Waals surface area (Å²) >= 11 is 0. The molecule has 1 aromatic rings. The number of nitrogens with one attached hydrogen (secondary N) is 1. The number of rotatable bonds is 5. The topological polar surface area (TPSA) is 102 Å². The third-order valence-electron chi connectivity index (χ3n) is 3.75. The van der Waals surface area contributed by atoms with Crippen molar-refractivity contribution in [2.45, 2.75) is 30.8 Å². The number of carbonyl (C=O) groups is 2. The van der Waals surface area contributed by atoms with Crippen LogP contribution in [0.4, 0.5) is 0 Å². The van der Waals surface area contributed by atoms with Crippen molar-refractivity contribution < 1.29 is 19.4 Å². The van der Waals surface area contributed by atoms with Crippen molar-refractivity contribution in [2.24, 2.45) is 5.73 Å². The zero-order valence-electron chi connectivity index (χ0n) is 11.7. The van der Waals surface area contributed by atoms with Gasteiger partial charge in [0.2, 0.25) is 5.91 Å². The largest absolute Gasteiger partial charge is 0.480 e. The zero-order valence-corrected chi connectivity index (χ0v) is 11.7. The molecule has 1 saturated heterocycles. The van der Waals surface area contributed by atoms with Crippen LogP contribution in [0.3, 0.4) is 0 Å². The first-order chi connectivity index (χ1) is 10.0. The van der Waals surface area contributed by atoms with Crippen LogP contribution >= 0.6 is 0 Å². The van der Waals surface area contributed by atoms with Crippen LogP contribution in [-0.2, 0) is 20.7 Å². The van der Waals surface area contributed by atoms with Gasteiger partial charge in [-0.3, -0.25) is 4.79 Å². The first-order valence-corrected chi connectivity index (χ1v) is 6.96. The van der Waals surface area contributed by atoms with E-state index in [-0.39, 0.29) is 12.8 Å². The molecule has 21 heavy (non-hydrogen) atoms. The molecule has 1 aromatic carbocycles. The van der Waals surface area contributed by atoms with Gasteiger partial charge in [0.25, 0.3) is 0 Å². The molecule has 0 aromatic heterocycles. The van der Waals surface area contributed by atoms with Crippen LogP contribution in [-0.4, -0.2) is 41.8 Å². The normalized spacial score (nSPS) is 18.7. The van der Waals surface area contributed by atoms with Crippen LogP contribution in [0.15, 0.2) is 30.3 Å². The Balaban J connectivity index is 2.00. The number of amides is 1. The van der Waals surface area contributed by atoms with Crippen LogP contribution in [0.25, 0.3) is 0 Å². The SMILES string of the molecule is N[C@H](Cc1ccccc1)C(=O)NC1(C(=O)O)CCOCC1. The maximum atomic E-state index is 12.2. The molecular formula is C15H20N2O4. The van der Waals surface area contributed by atoms with Crippen LogP contribution in [0.1, 0.15) is 18.4 Å². The molecule has 1 aliphatic heterocycles. The van der Waals surface area contributed by atoms with Gasteiger partial charge in [0.15, 0.2) is 0 Å². The van der Waals surface area contributed by atoms with Crippen molar-refractivity contribution in [1.82, 2.24) is 5.32 Å². The number of carboxylic acid groups (broad SMARTS) is 1. The van der Waals surface area contributed by atoms with E-state index in [1.165, 1.54) is 0 Å². The standard InChI is InChI=1S/C15H20N2O4/c16-12(10-11-4-2-1-3-5-11)13(18)17-15(14(19)20)6-8-21-9-7-15/h1-5,12H,6-10,16H2,(H,17,18)(H,19,20)/t12-/m1/s1. The maximum Gasteiger partial charge on any atom is 0.329 e. The highest BCUT2D eigenvalue weighted by Gasteiger charge is 2.42. The highest BCUT2D eigenvalue weighted by Crippen LogP contribution is 2.21. The highest BCUT2D eigenvalue weighted by atomic mass is 16.5. The number of carbonyl (C=O) groups excluding carboxylic acids is 1. The van der Waals surface area contributed by atoms with Crippen molar-refractivity contribution in [1.29, 1.82) is 0 Å². The second-order valence-electron chi connectivity index (χ2n) is 5.29. The fourth-order valence-electron chi connectivity index (χ4n) is 2.40. The molecule has 1 atom stereocenters. The average Bonchev–Trinajstić information content (AvgIpc) is 2.49. The minimum Gasteiger partial charge on any atom is -0.480 e. The molecule has 0 bridgehead atoms. The number of aliphatic carboxylic acids is 1. The van der Waals surface area contributed by atoms with Gasteiger partial charge in [-0.25, -0.2) is 4.79 Å². The Morgan fingerprint density at radius 1 is 1.29 bits per heavy atom. The molecule has 6 heteroatoms. The summed E-state index contributed by atoms with van der Waals surface area (Å²) in [7, 11) is 0. The minimum absolute atomic E-state index is 0.256. The summed E-state index contributed by atoms with van der Waals surface area (Å²) < 4.78 is 5.17. The second-order valence-corrected chi connectivity index (χ2v) is 5.29.